The molecule has 0 bridgehead atoms. The molecule has 202 valence electrons. The lowest BCUT2D eigenvalue weighted by molar-refractivity contribution is 0.665. The van der Waals surface area contributed by atoms with Gasteiger partial charge in [-0.05, 0) is 120 Å². The van der Waals surface area contributed by atoms with Gasteiger partial charge in [0.1, 0.15) is 0 Å². The van der Waals surface area contributed by atoms with E-state index in [1.165, 1.54) is 99.1 Å². The first-order chi connectivity index (χ1) is 20.2. The van der Waals surface area contributed by atoms with Gasteiger partial charge in [0.25, 0.3) is 0 Å². The zero-order chi connectivity index (χ0) is 28.7. The number of fused-ring (bicyclic) bond motifs is 8. The van der Waals surface area contributed by atoms with E-state index >= 15 is 0 Å². The van der Waals surface area contributed by atoms with Crippen molar-refractivity contribution < 1.29 is 0 Å². The van der Waals surface area contributed by atoms with Gasteiger partial charge >= 0.3 is 0 Å². The molecule has 0 spiro atoms. The Hall–Kier alpha value is -4.42. The Morgan fingerprint density at radius 1 is 0.429 bits per heavy atom. The number of benzene rings is 7. The second kappa shape index (κ2) is 7.69. The zero-order valence-electron chi connectivity index (χ0n) is 25.2. The summed E-state index contributed by atoms with van der Waals surface area (Å²) in [5.41, 5.74) is 16.5. The molecule has 7 aromatic rings. The molecule has 0 saturated heterocycles. The Bertz CT molecular complexity index is 2290. The molecule has 2 aliphatic rings. The summed E-state index contributed by atoms with van der Waals surface area (Å²) in [6.45, 7) is 14.1. The van der Waals surface area contributed by atoms with Crippen LogP contribution in [0.3, 0.4) is 0 Å². The lowest BCUT2D eigenvalue weighted by atomic mass is 9.75. The van der Waals surface area contributed by atoms with Crippen LogP contribution in [-0.2, 0) is 10.8 Å². The molecule has 0 amide bonds. The molecule has 0 fully saturated rings. The van der Waals surface area contributed by atoms with E-state index in [0.29, 0.717) is 0 Å². The average Bonchev–Trinajstić information content (AvgIpc) is 3.34. The lowest BCUT2D eigenvalue weighted by Crippen LogP contribution is -2.16. The highest BCUT2D eigenvalue weighted by atomic mass is 14.4. The highest BCUT2D eigenvalue weighted by Crippen LogP contribution is 2.58. The molecule has 0 atom stereocenters. The molecule has 0 unspecified atom stereocenters. The van der Waals surface area contributed by atoms with Crippen molar-refractivity contribution in [3.63, 3.8) is 0 Å². The van der Waals surface area contributed by atoms with Crippen LogP contribution in [0.15, 0.2) is 97.1 Å². The maximum absolute atomic E-state index is 2.53. The largest absolute Gasteiger partial charge is 0.0619 e. The van der Waals surface area contributed by atoms with Crippen molar-refractivity contribution in [1.29, 1.82) is 0 Å². The summed E-state index contributed by atoms with van der Waals surface area (Å²) in [6, 6.07) is 37.5. The molecule has 0 saturated carbocycles. The van der Waals surface area contributed by atoms with Gasteiger partial charge in [-0.15, -0.1) is 0 Å². The van der Waals surface area contributed by atoms with Crippen molar-refractivity contribution in [3.05, 3.63) is 130 Å². The summed E-state index contributed by atoms with van der Waals surface area (Å²) in [5, 5.41) is 8.37. The van der Waals surface area contributed by atoms with E-state index in [9.17, 15) is 0 Å². The number of hydrogen-bond donors (Lipinski definition) is 0. The van der Waals surface area contributed by atoms with Crippen molar-refractivity contribution >= 4 is 32.3 Å². The van der Waals surface area contributed by atoms with Gasteiger partial charge in [-0.1, -0.05) is 118 Å². The van der Waals surface area contributed by atoms with Crippen molar-refractivity contribution in [2.45, 2.75) is 52.4 Å². The molecule has 0 heteroatoms. The minimum absolute atomic E-state index is 0.0534. The smallest absolute Gasteiger partial charge is 0.0165 e. The SMILES string of the molecule is Cc1cc(C)cc(-c2cc3cc4c(c5ccc6c7c(cc2c6c35)-c2ccccc2C7(C)C)C(C)(C)c2ccccc2-4)c1. The van der Waals surface area contributed by atoms with Crippen LogP contribution in [0.2, 0.25) is 0 Å². The molecule has 2 aliphatic carbocycles. The molecule has 42 heavy (non-hydrogen) atoms. The Labute approximate surface area is 248 Å². The van der Waals surface area contributed by atoms with Crippen LogP contribution >= 0.6 is 0 Å². The maximum Gasteiger partial charge on any atom is 0.0165 e. The maximum atomic E-state index is 2.53. The molecule has 0 aliphatic heterocycles. The van der Waals surface area contributed by atoms with Crippen LogP contribution < -0.4 is 0 Å². The fourth-order valence-electron chi connectivity index (χ4n) is 8.97. The van der Waals surface area contributed by atoms with Gasteiger partial charge in [-0.3, -0.25) is 0 Å². The first-order valence-corrected chi connectivity index (χ1v) is 15.3. The summed E-state index contributed by atoms with van der Waals surface area (Å²) in [5.74, 6) is 0. The first-order valence-electron chi connectivity index (χ1n) is 15.3. The normalized spacial score (nSPS) is 15.8. The minimum atomic E-state index is -0.0637. The third kappa shape index (κ3) is 2.83. The summed E-state index contributed by atoms with van der Waals surface area (Å²) >= 11 is 0. The Kier molecular flexibility index (Phi) is 4.43. The van der Waals surface area contributed by atoms with E-state index in [-0.39, 0.29) is 10.8 Å². The van der Waals surface area contributed by atoms with Crippen molar-refractivity contribution in [2.24, 2.45) is 0 Å². The summed E-state index contributed by atoms with van der Waals surface area (Å²) < 4.78 is 0. The summed E-state index contributed by atoms with van der Waals surface area (Å²) in [4.78, 5) is 0. The van der Waals surface area contributed by atoms with Gasteiger partial charge < -0.3 is 0 Å². The Balaban J connectivity index is 1.52. The van der Waals surface area contributed by atoms with E-state index in [1.54, 1.807) is 0 Å². The van der Waals surface area contributed by atoms with Crippen LogP contribution in [0.4, 0.5) is 0 Å². The van der Waals surface area contributed by atoms with Gasteiger partial charge in [0, 0.05) is 10.8 Å². The number of rotatable bonds is 1. The highest BCUT2D eigenvalue weighted by Gasteiger charge is 2.40. The predicted octanol–water partition coefficient (Wildman–Crippen LogP) is 11.5. The minimum Gasteiger partial charge on any atom is -0.0619 e. The summed E-state index contributed by atoms with van der Waals surface area (Å²) in [6.07, 6.45) is 0. The fourth-order valence-corrected chi connectivity index (χ4v) is 8.97. The third-order valence-corrected chi connectivity index (χ3v) is 10.6. The predicted molar refractivity (Wildman–Crippen MR) is 180 cm³/mol. The Morgan fingerprint density at radius 3 is 1.52 bits per heavy atom. The van der Waals surface area contributed by atoms with Gasteiger partial charge in [0.05, 0.1) is 0 Å². The van der Waals surface area contributed by atoms with E-state index in [1.807, 2.05) is 0 Å². The molecule has 0 nitrogen and oxygen atoms in total. The van der Waals surface area contributed by atoms with E-state index in [2.05, 4.69) is 139 Å². The number of hydrogen-bond acceptors (Lipinski definition) is 0. The quantitative estimate of drug-likeness (QED) is 0.182. The van der Waals surface area contributed by atoms with Gasteiger partial charge in [0.15, 0.2) is 0 Å². The van der Waals surface area contributed by atoms with Crippen LogP contribution in [0.5, 0.6) is 0 Å². The molecule has 0 radical (unpaired) electrons. The van der Waals surface area contributed by atoms with E-state index in [4.69, 9.17) is 0 Å². The van der Waals surface area contributed by atoms with Crippen molar-refractivity contribution in [3.8, 4) is 33.4 Å². The van der Waals surface area contributed by atoms with Crippen LogP contribution in [-0.4, -0.2) is 0 Å². The zero-order valence-corrected chi connectivity index (χ0v) is 25.2. The molecule has 0 N–H and O–H groups in total. The standard InChI is InChI=1S/C42H34/c1-23-17-24(2)19-25(18-23)31-20-26-21-33-27-11-7-9-13-35(27)41(3,4)39(33)29-15-16-30-38(37(26)29)32(31)22-34-28-12-8-10-14-36(28)42(5,6)40(30)34/h7-22H,1-6H3. The lowest BCUT2D eigenvalue weighted by Gasteiger charge is -2.27. The molecule has 9 rings (SSSR count). The monoisotopic (exact) mass is 538 g/mol. The number of aryl methyl sites for hydroxylation is 2. The first kappa shape index (κ1) is 24.2. The van der Waals surface area contributed by atoms with Gasteiger partial charge in [0.2, 0.25) is 0 Å². The second-order valence-corrected chi connectivity index (χ2v) is 13.9. The second-order valence-electron chi connectivity index (χ2n) is 13.9. The summed E-state index contributed by atoms with van der Waals surface area (Å²) in [7, 11) is 0. The molecule has 7 aromatic carbocycles. The van der Waals surface area contributed by atoms with E-state index < -0.39 is 0 Å². The highest BCUT2D eigenvalue weighted by molar-refractivity contribution is 6.30. The molecular weight excluding hydrogens is 504 g/mol. The van der Waals surface area contributed by atoms with Crippen LogP contribution in [0.1, 0.15) is 61.1 Å². The fraction of sp³-hybridized carbons (Fsp3) is 0.190. The van der Waals surface area contributed by atoms with Gasteiger partial charge in [-0.2, -0.15) is 0 Å². The van der Waals surface area contributed by atoms with Crippen LogP contribution in [0.25, 0.3) is 65.7 Å². The van der Waals surface area contributed by atoms with E-state index in [0.717, 1.165) is 0 Å². The molecule has 0 aromatic heterocycles. The molecule has 0 heterocycles. The van der Waals surface area contributed by atoms with Crippen molar-refractivity contribution in [1.82, 2.24) is 0 Å². The van der Waals surface area contributed by atoms with Crippen LogP contribution in [0, 0.1) is 13.8 Å². The Morgan fingerprint density at radius 2 is 0.929 bits per heavy atom. The third-order valence-electron chi connectivity index (χ3n) is 10.6. The topological polar surface area (TPSA) is 0 Å². The van der Waals surface area contributed by atoms with Crippen molar-refractivity contribution in [2.75, 3.05) is 0 Å². The average molecular weight is 539 g/mol. The molecular formula is C42H34. The van der Waals surface area contributed by atoms with Gasteiger partial charge in [-0.25, -0.2) is 0 Å².